The van der Waals surface area contributed by atoms with Crippen molar-refractivity contribution in [2.75, 3.05) is 7.11 Å². The van der Waals surface area contributed by atoms with Crippen LogP contribution in [0.3, 0.4) is 0 Å². The number of halogens is 2. The second kappa shape index (κ2) is 5.91. The fourth-order valence-corrected chi connectivity index (χ4v) is 2.02. The molecule has 0 fully saturated rings. The summed E-state index contributed by atoms with van der Waals surface area (Å²) in [4.78, 5) is 19.7. The van der Waals surface area contributed by atoms with Gasteiger partial charge >= 0.3 is 5.97 Å². The predicted molar refractivity (Wildman–Crippen MR) is 75.8 cm³/mol. The molecule has 0 radical (unpaired) electrons. The molecule has 0 aliphatic carbocycles. The van der Waals surface area contributed by atoms with Gasteiger partial charge in [0.05, 0.1) is 12.8 Å². The summed E-state index contributed by atoms with van der Waals surface area (Å²) < 4.78 is 33.3. The van der Waals surface area contributed by atoms with E-state index in [2.05, 4.69) is 19.8 Å². The van der Waals surface area contributed by atoms with E-state index in [0.29, 0.717) is 0 Å². The maximum Gasteiger partial charge on any atom is 0.358 e. The summed E-state index contributed by atoms with van der Waals surface area (Å²) in [5.41, 5.74) is -0.00711. The highest BCUT2D eigenvalue weighted by atomic mass is 19.1. The van der Waals surface area contributed by atoms with Crippen molar-refractivity contribution in [2.24, 2.45) is 0 Å². The normalized spacial score (nSPS) is 10.6. The number of esters is 1. The quantitative estimate of drug-likeness (QED) is 0.694. The van der Waals surface area contributed by atoms with E-state index in [4.69, 9.17) is 0 Å². The maximum atomic E-state index is 14.1. The first kappa shape index (κ1) is 14.8. The van der Waals surface area contributed by atoms with Gasteiger partial charge in [-0.2, -0.15) is 9.78 Å². The van der Waals surface area contributed by atoms with Crippen molar-refractivity contribution in [2.45, 2.75) is 0 Å². The van der Waals surface area contributed by atoms with Gasteiger partial charge in [-0.05, 0) is 30.3 Å². The van der Waals surface area contributed by atoms with E-state index in [9.17, 15) is 13.6 Å². The van der Waals surface area contributed by atoms with E-state index >= 15 is 0 Å². The number of hydrogen-bond donors (Lipinski definition) is 0. The van der Waals surface area contributed by atoms with Gasteiger partial charge in [0.25, 0.3) is 5.95 Å². The van der Waals surface area contributed by atoms with Crippen molar-refractivity contribution in [1.29, 1.82) is 0 Å². The van der Waals surface area contributed by atoms with Gasteiger partial charge < -0.3 is 4.74 Å². The van der Waals surface area contributed by atoms with Crippen molar-refractivity contribution < 1.29 is 18.3 Å². The molecule has 0 saturated heterocycles. The van der Waals surface area contributed by atoms with E-state index in [0.717, 1.165) is 22.9 Å². The number of ether oxygens (including phenoxy) is 1. The van der Waals surface area contributed by atoms with E-state index < -0.39 is 17.6 Å². The Bertz CT molecular complexity index is 865. The molecule has 6 nitrogen and oxygen atoms in total. The minimum Gasteiger partial charge on any atom is -0.464 e. The Morgan fingerprint density at radius 1 is 1.17 bits per heavy atom. The number of nitrogens with zero attached hydrogens (tertiary/aromatic N) is 4. The van der Waals surface area contributed by atoms with Gasteiger partial charge in [0.15, 0.2) is 5.69 Å². The molecule has 0 unspecified atom stereocenters. The van der Waals surface area contributed by atoms with Crippen molar-refractivity contribution in [1.82, 2.24) is 19.7 Å². The highest BCUT2D eigenvalue weighted by molar-refractivity contribution is 5.88. The molecule has 2 aromatic heterocycles. The molecule has 0 aliphatic rings. The van der Waals surface area contributed by atoms with E-state index in [-0.39, 0.29) is 22.9 Å². The molecule has 0 spiro atoms. The molecule has 0 atom stereocenters. The molecule has 3 aromatic rings. The third-order valence-electron chi connectivity index (χ3n) is 3.05. The highest BCUT2D eigenvalue weighted by Crippen LogP contribution is 2.26. The minimum absolute atomic E-state index is 0.0693. The van der Waals surface area contributed by atoms with Gasteiger partial charge in [-0.25, -0.2) is 23.5 Å². The summed E-state index contributed by atoms with van der Waals surface area (Å²) >= 11 is 0. The molecular formula is C15H10F2N4O2. The Kier molecular flexibility index (Phi) is 3.80. The first-order valence-corrected chi connectivity index (χ1v) is 6.51. The fourth-order valence-electron chi connectivity index (χ4n) is 2.02. The van der Waals surface area contributed by atoms with Crippen molar-refractivity contribution >= 4 is 5.97 Å². The Morgan fingerprint density at radius 2 is 1.91 bits per heavy atom. The number of methoxy groups -OCH3 is 1. The lowest BCUT2D eigenvalue weighted by atomic mass is 10.1. The summed E-state index contributed by atoms with van der Waals surface area (Å²) in [7, 11) is 1.20. The van der Waals surface area contributed by atoms with Crippen LogP contribution >= 0.6 is 0 Å². The van der Waals surface area contributed by atoms with Crippen molar-refractivity contribution in [3.8, 4) is 17.2 Å². The van der Waals surface area contributed by atoms with Gasteiger partial charge in [0.2, 0.25) is 0 Å². The van der Waals surface area contributed by atoms with Crippen LogP contribution in [0.1, 0.15) is 10.5 Å². The summed E-state index contributed by atoms with van der Waals surface area (Å²) in [6.45, 7) is 0. The van der Waals surface area contributed by atoms with Gasteiger partial charge in [-0.3, -0.25) is 0 Å². The Morgan fingerprint density at radius 3 is 2.61 bits per heavy atom. The molecule has 2 heterocycles. The topological polar surface area (TPSA) is 69.9 Å². The standard InChI is InChI=1S/C15H10F2N4O2/c1-23-14(22)12-8-13(10-7-9(16)3-4-11(10)17)21(20-12)15-18-5-2-6-19-15/h2-8H,1H3. The van der Waals surface area contributed by atoms with Crippen LogP contribution in [-0.2, 0) is 4.74 Å². The number of aromatic nitrogens is 4. The third kappa shape index (κ3) is 2.78. The number of carbonyl (C=O) groups is 1. The number of benzene rings is 1. The van der Waals surface area contributed by atoms with Crippen LogP contribution in [0.5, 0.6) is 0 Å². The lowest BCUT2D eigenvalue weighted by Gasteiger charge is -2.06. The molecule has 0 aliphatic heterocycles. The van der Waals surface area contributed by atoms with Gasteiger partial charge in [0, 0.05) is 18.0 Å². The molecule has 23 heavy (non-hydrogen) atoms. The summed E-state index contributed by atoms with van der Waals surface area (Å²) in [5.74, 6) is -1.89. The van der Waals surface area contributed by atoms with E-state index in [1.807, 2.05) is 0 Å². The average Bonchev–Trinajstić information content (AvgIpc) is 3.02. The number of rotatable bonds is 3. The zero-order valence-corrected chi connectivity index (χ0v) is 11.9. The number of carbonyl (C=O) groups excluding carboxylic acids is 1. The van der Waals surface area contributed by atoms with Crippen molar-refractivity contribution in [3.63, 3.8) is 0 Å². The smallest absolute Gasteiger partial charge is 0.358 e. The first-order chi connectivity index (χ1) is 11.1. The first-order valence-electron chi connectivity index (χ1n) is 6.51. The monoisotopic (exact) mass is 316 g/mol. The minimum atomic E-state index is -0.710. The highest BCUT2D eigenvalue weighted by Gasteiger charge is 2.20. The molecule has 0 N–H and O–H groups in total. The molecule has 0 bridgehead atoms. The van der Waals surface area contributed by atoms with E-state index in [1.54, 1.807) is 6.07 Å². The van der Waals surface area contributed by atoms with Crippen molar-refractivity contribution in [3.05, 3.63) is 60.1 Å². The van der Waals surface area contributed by atoms with Gasteiger partial charge in [0.1, 0.15) is 11.6 Å². The summed E-state index contributed by atoms with van der Waals surface area (Å²) in [6, 6.07) is 5.88. The van der Waals surface area contributed by atoms with Crippen LogP contribution in [0, 0.1) is 11.6 Å². The Labute approximate surface area is 129 Å². The molecule has 0 saturated carbocycles. The second-order valence-electron chi connectivity index (χ2n) is 4.49. The molecule has 0 amide bonds. The predicted octanol–water partition coefficient (Wildman–Crippen LogP) is 2.39. The van der Waals surface area contributed by atoms with Crippen LogP contribution < -0.4 is 0 Å². The van der Waals surface area contributed by atoms with Crippen LogP contribution in [0.4, 0.5) is 8.78 Å². The molecule has 1 aromatic carbocycles. The fraction of sp³-hybridized carbons (Fsp3) is 0.0667. The molecule has 8 heteroatoms. The molecular weight excluding hydrogens is 306 g/mol. The lowest BCUT2D eigenvalue weighted by molar-refractivity contribution is 0.0593. The summed E-state index contributed by atoms with van der Waals surface area (Å²) in [5, 5.41) is 4.03. The number of hydrogen-bond acceptors (Lipinski definition) is 5. The SMILES string of the molecule is COC(=O)c1cc(-c2cc(F)ccc2F)n(-c2ncccn2)n1. The lowest BCUT2D eigenvalue weighted by Crippen LogP contribution is -2.07. The molecule has 3 rings (SSSR count). The molecule has 116 valence electrons. The van der Waals surface area contributed by atoms with Crippen LogP contribution in [-0.4, -0.2) is 32.8 Å². The van der Waals surface area contributed by atoms with Gasteiger partial charge in [-0.1, -0.05) is 0 Å². The maximum absolute atomic E-state index is 14.1. The van der Waals surface area contributed by atoms with Gasteiger partial charge in [-0.15, -0.1) is 0 Å². The zero-order valence-electron chi connectivity index (χ0n) is 11.9. The van der Waals surface area contributed by atoms with Crippen LogP contribution in [0.2, 0.25) is 0 Å². The third-order valence-corrected chi connectivity index (χ3v) is 3.05. The Hall–Kier alpha value is -3.16. The average molecular weight is 316 g/mol. The Balaban J connectivity index is 2.24. The largest absolute Gasteiger partial charge is 0.464 e. The van der Waals surface area contributed by atoms with E-state index in [1.165, 1.54) is 25.6 Å². The summed E-state index contributed by atoms with van der Waals surface area (Å²) in [6.07, 6.45) is 2.93. The zero-order chi connectivity index (χ0) is 16.4. The van der Waals surface area contributed by atoms with Crippen LogP contribution in [0.25, 0.3) is 17.2 Å². The van der Waals surface area contributed by atoms with Crippen LogP contribution in [0.15, 0.2) is 42.7 Å². The second-order valence-corrected chi connectivity index (χ2v) is 4.49.